The van der Waals surface area contributed by atoms with E-state index in [1.165, 1.54) is 0 Å². The molecule has 6 heteroatoms. The van der Waals surface area contributed by atoms with Crippen LogP contribution in [-0.2, 0) is 11.3 Å². The second-order valence-corrected chi connectivity index (χ2v) is 5.54. The number of aryl methyl sites for hydroxylation is 2. The van der Waals surface area contributed by atoms with Crippen LogP contribution in [-0.4, -0.2) is 15.7 Å². The first-order chi connectivity index (χ1) is 9.04. The first-order valence-electron chi connectivity index (χ1n) is 5.88. The maximum Gasteiger partial charge on any atom is 0.226 e. The third-order valence-electron chi connectivity index (χ3n) is 2.71. The molecule has 2 aromatic rings. The molecule has 0 radical (unpaired) electrons. The maximum atomic E-state index is 11.9. The van der Waals surface area contributed by atoms with Gasteiger partial charge in [-0.3, -0.25) is 9.48 Å². The lowest BCUT2D eigenvalue weighted by Crippen LogP contribution is -2.15. The number of hydrogen-bond acceptors (Lipinski definition) is 3. The van der Waals surface area contributed by atoms with Crippen molar-refractivity contribution >= 4 is 39.9 Å². The fourth-order valence-corrected chi connectivity index (χ4v) is 2.11. The zero-order valence-corrected chi connectivity index (χ0v) is 12.7. The highest BCUT2D eigenvalue weighted by Crippen LogP contribution is 2.18. The van der Waals surface area contributed by atoms with Gasteiger partial charge < -0.3 is 11.1 Å². The average Bonchev–Trinajstić information content (AvgIpc) is 2.77. The smallest absolute Gasteiger partial charge is 0.226 e. The molecule has 2 rings (SSSR count). The Morgan fingerprint density at radius 1 is 1.53 bits per heavy atom. The Kier molecular flexibility index (Phi) is 4.41. The number of nitrogen functional groups attached to an aromatic ring is 1. The van der Waals surface area contributed by atoms with Gasteiger partial charge in [0.15, 0.2) is 0 Å². The molecule has 0 saturated carbocycles. The predicted octanol–water partition coefficient (Wildman–Crippen LogP) is 2.41. The van der Waals surface area contributed by atoms with Crippen molar-refractivity contribution in [1.82, 2.24) is 9.78 Å². The summed E-state index contributed by atoms with van der Waals surface area (Å²) in [5.41, 5.74) is 8.11. The number of amides is 1. The monoisotopic (exact) mass is 370 g/mol. The number of carbonyl (C=O) groups is 1. The predicted molar refractivity (Wildman–Crippen MR) is 83.8 cm³/mol. The number of aromatic nitrogens is 2. The van der Waals surface area contributed by atoms with Gasteiger partial charge in [-0.15, -0.1) is 0 Å². The summed E-state index contributed by atoms with van der Waals surface area (Å²) in [6, 6.07) is 5.47. The van der Waals surface area contributed by atoms with Crippen molar-refractivity contribution < 1.29 is 4.79 Å². The Morgan fingerprint density at radius 2 is 2.32 bits per heavy atom. The summed E-state index contributed by atoms with van der Waals surface area (Å²) >= 11 is 2.19. The summed E-state index contributed by atoms with van der Waals surface area (Å²) in [5.74, 6) is -0.0424. The van der Waals surface area contributed by atoms with E-state index in [1.54, 1.807) is 16.9 Å². The number of nitrogens with zero attached hydrogens (tertiary/aromatic N) is 2. The van der Waals surface area contributed by atoms with E-state index in [-0.39, 0.29) is 5.91 Å². The van der Waals surface area contributed by atoms with Gasteiger partial charge in [-0.1, -0.05) is 6.07 Å². The summed E-state index contributed by atoms with van der Waals surface area (Å²) in [6.45, 7) is 2.50. The number of nitrogens with one attached hydrogen (secondary N) is 1. The molecule has 3 N–H and O–H groups in total. The Morgan fingerprint density at radius 3 is 3.00 bits per heavy atom. The second-order valence-electron chi connectivity index (χ2n) is 4.29. The maximum absolute atomic E-state index is 11.9. The molecule has 0 spiro atoms. The molecule has 0 aliphatic carbocycles. The van der Waals surface area contributed by atoms with Gasteiger partial charge in [0, 0.05) is 30.5 Å². The minimum absolute atomic E-state index is 0.0424. The number of halogens is 1. The molecule has 0 fully saturated rings. The number of hydrogen-bond donors (Lipinski definition) is 2. The summed E-state index contributed by atoms with van der Waals surface area (Å²) in [6.07, 6.45) is 4.05. The number of carbonyl (C=O) groups excluding carboxylic acids is 1. The molecule has 1 amide bonds. The van der Waals surface area contributed by atoms with Gasteiger partial charge in [0.1, 0.15) is 0 Å². The van der Waals surface area contributed by atoms with Crippen molar-refractivity contribution in [3.8, 4) is 0 Å². The van der Waals surface area contributed by atoms with Crippen molar-refractivity contribution in [3.05, 3.63) is 39.7 Å². The summed E-state index contributed by atoms with van der Waals surface area (Å²) in [4.78, 5) is 11.9. The van der Waals surface area contributed by atoms with Gasteiger partial charge in [-0.05, 0) is 47.2 Å². The number of nitrogens with two attached hydrogens (primary N) is 1. The summed E-state index contributed by atoms with van der Waals surface area (Å²) in [7, 11) is 0. The van der Waals surface area contributed by atoms with Gasteiger partial charge in [-0.2, -0.15) is 5.10 Å². The van der Waals surface area contributed by atoms with Gasteiger partial charge in [-0.25, -0.2) is 0 Å². The van der Waals surface area contributed by atoms with Gasteiger partial charge in [0.05, 0.1) is 9.77 Å². The van der Waals surface area contributed by atoms with Crippen molar-refractivity contribution in [3.63, 3.8) is 0 Å². The highest BCUT2D eigenvalue weighted by atomic mass is 127. The van der Waals surface area contributed by atoms with Crippen LogP contribution in [0.4, 0.5) is 11.4 Å². The summed E-state index contributed by atoms with van der Waals surface area (Å²) < 4.78 is 2.82. The molecular weight excluding hydrogens is 355 g/mol. The van der Waals surface area contributed by atoms with E-state index in [2.05, 4.69) is 33.0 Å². The lowest BCUT2D eigenvalue weighted by atomic mass is 10.2. The Balaban J connectivity index is 1.92. The van der Waals surface area contributed by atoms with E-state index in [0.29, 0.717) is 18.7 Å². The quantitative estimate of drug-likeness (QED) is 0.641. The van der Waals surface area contributed by atoms with Crippen LogP contribution in [0.2, 0.25) is 0 Å². The molecule has 19 heavy (non-hydrogen) atoms. The van der Waals surface area contributed by atoms with Crippen LogP contribution < -0.4 is 11.1 Å². The van der Waals surface area contributed by atoms with Gasteiger partial charge in [0.25, 0.3) is 0 Å². The lowest BCUT2D eigenvalue weighted by Gasteiger charge is -2.09. The third kappa shape index (κ3) is 3.95. The molecule has 0 saturated heterocycles. The van der Waals surface area contributed by atoms with E-state index in [9.17, 15) is 4.79 Å². The van der Waals surface area contributed by atoms with Crippen molar-refractivity contribution in [2.45, 2.75) is 19.9 Å². The van der Waals surface area contributed by atoms with Gasteiger partial charge >= 0.3 is 0 Å². The van der Waals surface area contributed by atoms with E-state index in [0.717, 1.165) is 14.8 Å². The molecule has 5 nitrogen and oxygen atoms in total. The van der Waals surface area contributed by atoms with Crippen LogP contribution in [0.1, 0.15) is 12.0 Å². The second kappa shape index (κ2) is 6.05. The van der Waals surface area contributed by atoms with Crippen molar-refractivity contribution in [2.75, 3.05) is 11.1 Å². The van der Waals surface area contributed by atoms with Crippen LogP contribution >= 0.6 is 22.6 Å². The molecule has 0 aliphatic heterocycles. The first kappa shape index (κ1) is 13.9. The molecule has 0 aliphatic rings. The molecule has 100 valence electrons. The molecule has 1 aromatic carbocycles. The van der Waals surface area contributed by atoms with Crippen LogP contribution in [0.3, 0.4) is 0 Å². The Labute approximate surface area is 125 Å². The molecule has 1 aromatic heterocycles. The zero-order chi connectivity index (χ0) is 13.8. The Bertz CT molecular complexity index is 594. The number of anilines is 2. The third-order valence-corrected chi connectivity index (χ3v) is 3.26. The highest BCUT2D eigenvalue weighted by molar-refractivity contribution is 14.1. The molecule has 1 heterocycles. The zero-order valence-electron chi connectivity index (χ0n) is 10.6. The van der Waals surface area contributed by atoms with Crippen molar-refractivity contribution in [1.29, 1.82) is 0 Å². The topological polar surface area (TPSA) is 72.9 Å². The first-order valence-corrected chi connectivity index (χ1v) is 6.96. The number of rotatable bonds is 4. The lowest BCUT2D eigenvalue weighted by molar-refractivity contribution is -0.116. The molecule has 0 atom stereocenters. The minimum atomic E-state index is -0.0424. The minimum Gasteiger partial charge on any atom is -0.399 e. The fraction of sp³-hybridized carbons (Fsp3) is 0.231. The van der Waals surface area contributed by atoms with Gasteiger partial charge in [0.2, 0.25) is 5.91 Å². The van der Waals surface area contributed by atoms with E-state index in [4.69, 9.17) is 5.73 Å². The normalized spacial score (nSPS) is 10.4. The van der Waals surface area contributed by atoms with E-state index in [1.807, 2.05) is 25.3 Å². The van der Waals surface area contributed by atoms with Crippen LogP contribution in [0.5, 0.6) is 0 Å². The highest BCUT2D eigenvalue weighted by Gasteiger charge is 2.06. The standard InChI is InChI=1S/C13H15IN4O/c1-9-2-3-11(15)6-12(9)17-13(19)4-5-18-8-10(14)7-16-18/h2-3,6-8H,4-5,15H2,1H3,(H,17,19). The van der Waals surface area contributed by atoms with Crippen LogP contribution in [0.25, 0.3) is 0 Å². The average molecular weight is 370 g/mol. The van der Waals surface area contributed by atoms with E-state index >= 15 is 0 Å². The molecule has 0 bridgehead atoms. The fourth-order valence-electron chi connectivity index (χ4n) is 1.66. The van der Waals surface area contributed by atoms with Crippen LogP contribution in [0.15, 0.2) is 30.6 Å². The SMILES string of the molecule is Cc1ccc(N)cc1NC(=O)CCn1cc(I)cn1. The number of benzene rings is 1. The summed E-state index contributed by atoms with van der Waals surface area (Å²) in [5, 5.41) is 7.00. The molecule has 0 unspecified atom stereocenters. The van der Waals surface area contributed by atoms with Crippen LogP contribution in [0, 0.1) is 10.5 Å². The van der Waals surface area contributed by atoms with Crippen molar-refractivity contribution in [2.24, 2.45) is 0 Å². The van der Waals surface area contributed by atoms with E-state index < -0.39 is 0 Å². The molecular formula is C13H15IN4O. The Hall–Kier alpha value is -1.57. The largest absolute Gasteiger partial charge is 0.399 e.